The third-order valence-electron chi connectivity index (χ3n) is 8.85. The molecule has 1 aliphatic heterocycles. The maximum Gasteiger partial charge on any atom is 0.192 e. The Labute approximate surface area is 220 Å². The lowest BCUT2D eigenvalue weighted by Crippen LogP contribution is -2.44. The van der Waals surface area contributed by atoms with Crippen LogP contribution in [0.1, 0.15) is 106 Å². The maximum absolute atomic E-state index is 6.90. The predicted octanol–water partition coefficient (Wildman–Crippen LogP) is 8.98. The maximum atomic E-state index is 6.90. The van der Waals surface area contributed by atoms with Gasteiger partial charge < -0.3 is 18.3 Å². The van der Waals surface area contributed by atoms with Crippen molar-refractivity contribution >= 4 is 16.6 Å². The molecule has 2 rings (SSSR count). The fourth-order valence-electron chi connectivity index (χ4n) is 4.29. The van der Waals surface area contributed by atoms with E-state index in [2.05, 4.69) is 73.8 Å². The van der Waals surface area contributed by atoms with Gasteiger partial charge in [0.2, 0.25) is 0 Å². The molecular weight excluding hydrogens is 468 g/mol. The summed E-state index contributed by atoms with van der Waals surface area (Å²) in [6.07, 6.45) is 14.4. The molecule has 1 saturated heterocycles. The van der Waals surface area contributed by atoms with Crippen LogP contribution in [0, 0.1) is 0 Å². The first-order valence-corrected chi connectivity index (χ1v) is 20.2. The smallest absolute Gasteiger partial charge is 0.192 e. The highest BCUT2D eigenvalue weighted by molar-refractivity contribution is 6.74. The van der Waals surface area contributed by atoms with Gasteiger partial charge in [0.1, 0.15) is 0 Å². The lowest BCUT2D eigenvalue weighted by molar-refractivity contribution is -0.179. The van der Waals surface area contributed by atoms with E-state index >= 15 is 0 Å². The molecule has 0 spiro atoms. The molecule has 2 aliphatic rings. The van der Waals surface area contributed by atoms with Gasteiger partial charge >= 0.3 is 0 Å². The van der Waals surface area contributed by atoms with E-state index in [1.807, 2.05) is 0 Å². The highest BCUT2D eigenvalue weighted by Crippen LogP contribution is 2.41. The van der Waals surface area contributed by atoms with Crippen molar-refractivity contribution in [2.45, 2.75) is 161 Å². The number of hydrogen-bond acceptors (Lipinski definition) is 4. The van der Waals surface area contributed by atoms with Crippen LogP contribution in [0.4, 0.5) is 0 Å². The van der Waals surface area contributed by atoms with E-state index in [0.29, 0.717) is 5.04 Å². The monoisotopic (exact) mass is 526 g/mol. The highest BCUT2D eigenvalue weighted by atomic mass is 28.4. The van der Waals surface area contributed by atoms with Crippen molar-refractivity contribution < 1.29 is 18.3 Å². The molecule has 1 unspecified atom stereocenters. The zero-order chi connectivity index (χ0) is 26.3. The molecule has 0 radical (unpaired) electrons. The highest BCUT2D eigenvalue weighted by Gasteiger charge is 2.42. The second-order valence-corrected chi connectivity index (χ2v) is 23.5. The van der Waals surface area contributed by atoms with Gasteiger partial charge in [-0.05, 0) is 80.4 Å². The minimum atomic E-state index is -1.83. The first kappa shape index (κ1) is 31.2. The van der Waals surface area contributed by atoms with Crippen LogP contribution in [0.15, 0.2) is 11.6 Å². The predicted molar refractivity (Wildman–Crippen MR) is 154 cm³/mol. The summed E-state index contributed by atoms with van der Waals surface area (Å²) < 4.78 is 25.5. The van der Waals surface area contributed by atoms with E-state index < -0.39 is 16.6 Å². The van der Waals surface area contributed by atoms with Crippen LogP contribution in [0.3, 0.4) is 0 Å². The van der Waals surface area contributed by atoms with Crippen LogP contribution in [0.5, 0.6) is 0 Å². The molecule has 0 aromatic rings. The minimum absolute atomic E-state index is 0.0357. The van der Waals surface area contributed by atoms with Crippen LogP contribution in [-0.2, 0) is 18.3 Å². The third kappa shape index (κ3) is 10.0. The van der Waals surface area contributed by atoms with Crippen molar-refractivity contribution in [3.05, 3.63) is 11.6 Å². The van der Waals surface area contributed by atoms with Gasteiger partial charge in [-0.2, -0.15) is 0 Å². The standard InChI is InChI=1S/C29H58O4Si2/c1-28(2,3)34(7,8)31-21-16-13-11-12-14-18-24-22-25(32-27-19-15-17-20-30-27)23-26(24)33-35(9,10)29(4,5)6/h22,25-27H,11-21,23H2,1-10H3/t25-,26-,27?/m0/s1. The molecule has 0 bridgehead atoms. The van der Waals surface area contributed by atoms with Gasteiger partial charge in [0.25, 0.3) is 0 Å². The molecule has 3 atom stereocenters. The van der Waals surface area contributed by atoms with E-state index in [9.17, 15) is 0 Å². The van der Waals surface area contributed by atoms with Crippen LogP contribution < -0.4 is 0 Å². The van der Waals surface area contributed by atoms with Gasteiger partial charge in [-0.15, -0.1) is 0 Å². The first-order valence-electron chi connectivity index (χ1n) is 14.4. The SMILES string of the molecule is CC(C)(C)[Si](C)(C)OCCCCCCCC1=C[C@H](OC2CCCCO2)C[C@@H]1O[Si](C)(C)C(C)(C)C. The molecule has 0 N–H and O–H groups in total. The number of hydrogen-bond donors (Lipinski definition) is 0. The van der Waals surface area contributed by atoms with Gasteiger partial charge in [0.05, 0.1) is 12.2 Å². The van der Waals surface area contributed by atoms with Crippen molar-refractivity contribution in [1.29, 1.82) is 0 Å². The molecule has 1 heterocycles. The number of rotatable bonds is 13. The Morgan fingerprint density at radius 2 is 1.49 bits per heavy atom. The van der Waals surface area contributed by atoms with Crippen molar-refractivity contribution in [2.75, 3.05) is 13.2 Å². The van der Waals surface area contributed by atoms with E-state index in [4.69, 9.17) is 18.3 Å². The summed E-state index contributed by atoms with van der Waals surface area (Å²) in [6.45, 7) is 25.1. The molecule has 0 aromatic carbocycles. The summed E-state index contributed by atoms with van der Waals surface area (Å²) in [5.74, 6) is 0. The topological polar surface area (TPSA) is 36.9 Å². The second kappa shape index (κ2) is 13.2. The largest absolute Gasteiger partial charge is 0.417 e. The summed E-state index contributed by atoms with van der Waals surface area (Å²) in [4.78, 5) is 0. The van der Waals surface area contributed by atoms with Crippen LogP contribution in [0.25, 0.3) is 0 Å². The average molecular weight is 527 g/mol. The Morgan fingerprint density at radius 3 is 2.09 bits per heavy atom. The molecule has 206 valence electrons. The van der Waals surface area contributed by atoms with Crippen molar-refractivity contribution in [2.24, 2.45) is 0 Å². The fraction of sp³-hybridized carbons (Fsp3) is 0.931. The van der Waals surface area contributed by atoms with E-state index in [1.54, 1.807) is 0 Å². The van der Waals surface area contributed by atoms with Crippen LogP contribution in [0.2, 0.25) is 36.3 Å². The zero-order valence-electron chi connectivity index (χ0n) is 24.9. The van der Waals surface area contributed by atoms with Crippen molar-refractivity contribution in [3.8, 4) is 0 Å². The van der Waals surface area contributed by atoms with Gasteiger partial charge in [0.15, 0.2) is 22.9 Å². The molecule has 35 heavy (non-hydrogen) atoms. The van der Waals surface area contributed by atoms with E-state index in [-0.39, 0.29) is 23.5 Å². The van der Waals surface area contributed by atoms with Crippen LogP contribution >= 0.6 is 0 Å². The summed E-state index contributed by atoms with van der Waals surface area (Å²) >= 11 is 0. The molecule has 0 amide bonds. The normalized spacial score (nSPS) is 24.6. The lowest BCUT2D eigenvalue weighted by Gasteiger charge is -2.39. The summed E-state index contributed by atoms with van der Waals surface area (Å²) in [5, 5.41) is 0.520. The average Bonchev–Trinajstić information content (AvgIpc) is 3.09. The number of unbranched alkanes of at least 4 members (excludes halogenated alkanes) is 4. The molecular formula is C29H58O4Si2. The zero-order valence-corrected chi connectivity index (χ0v) is 26.9. The first-order chi connectivity index (χ1) is 16.1. The Hall–Kier alpha value is 0.0138. The lowest BCUT2D eigenvalue weighted by atomic mass is 10.0. The molecule has 1 aliphatic carbocycles. The van der Waals surface area contributed by atoms with Crippen molar-refractivity contribution in [3.63, 3.8) is 0 Å². The summed E-state index contributed by atoms with van der Waals surface area (Å²) in [7, 11) is -3.43. The van der Waals surface area contributed by atoms with Gasteiger partial charge in [-0.3, -0.25) is 0 Å². The van der Waals surface area contributed by atoms with Crippen LogP contribution in [-0.4, -0.2) is 48.3 Å². The minimum Gasteiger partial charge on any atom is -0.417 e. The summed E-state index contributed by atoms with van der Waals surface area (Å²) in [6, 6.07) is 0. The molecule has 6 heteroatoms. The Kier molecular flexibility index (Phi) is 11.8. The summed E-state index contributed by atoms with van der Waals surface area (Å²) in [5.41, 5.74) is 1.47. The van der Waals surface area contributed by atoms with Gasteiger partial charge in [-0.1, -0.05) is 66.9 Å². The second-order valence-electron chi connectivity index (χ2n) is 13.9. The third-order valence-corrected chi connectivity index (χ3v) is 17.9. The Bertz CT molecular complexity index is 655. The van der Waals surface area contributed by atoms with Gasteiger partial charge in [0, 0.05) is 19.6 Å². The quantitative estimate of drug-likeness (QED) is 0.136. The van der Waals surface area contributed by atoms with Crippen molar-refractivity contribution in [1.82, 2.24) is 0 Å². The Morgan fingerprint density at radius 1 is 0.857 bits per heavy atom. The molecule has 1 fully saturated rings. The molecule has 4 nitrogen and oxygen atoms in total. The number of ether oxygens (including phenoxy) is 2. The molecule has 0 aromatic heterocycles. The molecule has 0 saturated carbocycles. The van der Waals surface area contributed by atoms with E-state index in [1.165, 1.54) is 44.1 Å². The Balaban J connectivity index is 1.79. The van der Waals surface area contributed by atoms with Gasteiger partial charge in [-0.25, -0.2) is 0 Å². The fourth-order valence-corrected chi connectivity index (χ4v) is 6.69. The van der Waals surface area contributed by atoms with E-state index in [0.717, 1.165) is 38.9 Å².